The summed E-state index contributed by atoms with van der Waals surface area (Å²) in [4.78, 5) is 17.6. The summed E-state index contributed by atoms with van der Waals surface area (Å²) >= 11 is 0. The Labute approximate surface area is 136 Å². The largest absolute Gasteiger partial charge is 0.361 e. The third-order valence-corrected chi connectivity index (χ3v) is 3.87. The van der Waals surface area contributed by atoms with Crippen molar-refractivity contribution in [3.05, 3.63) is 60.3 Å². The SMILES string of the molecule is CN(C)CCNC(=O)c1ccc2[nH]cc(-c3ccccc3)c2c1. The Morgan fingerprint density at radius 1 is 1.13 bits per heavy atom. The summed E-state index contributed by atoms with van der Waals surface area (Å²) < 4.78 is 0. The molecule has 0 fully saturated rings. The molecule has 1 amide bonds. The molecule has 2 aromatic carbocycles. The summed E-state index contributed by atoms with van der Waals surface area (Å²) in [6.07, 6.45) is 1.99. The minimum atomic E-state index is -0.0334. The topological polar surface area (TPSA) is 48.1 Å². The van der Waals surface area contributed by atoms with Crippen molar-refractivity contribution in [1.82, 2.24) is 15.2 Å². The Bertz CT molecular complexity index is 806. The third kappa shape index (κ3) is 3.43. The molecule has 3 aromatic rings. The summed E-state index contributed by atoms with van der Waals surface area (Å²) in [6, 6.07) is 16.0. The zero-order valence-corrected chi connectivity index (χ0v) is 13.5. The van der Waals surface area contributed by atoms with Gasteiger partial charge in [-0.25, -0.2) is 0 Å². The van der Waals surface area contributed by atoms with E-state index in [1.807, 2.05) is 61.6 Å². The number of carbonyl (C=O) groups excluding carboxylic acids is 1. The quantitative estimate of drug-likeness (QED) is 0.761. The molecule has 1 aromatic heterocycles. The molecular weight excluding hydrogens is 286 g/mol. The van der Waals surface area contributed by atoms with Gasteiger partial charge in [0.1, 0.15) is 0 Å². The van der Waals surface area contributed by atoms with Crippen LogP contribution in [0.15, 0.2) is 54.7 Å². The number of hydrogen-bond acceptors (Lipinski definition) is 2. The van der Waals surface area contributed by atoms with Crippen LogP contribution < -0.4 is 5.32 Å². The van der Waals surface area contributed by atoms with Crippen molar-refractivity contribution in [3.8, 4) is 11.1 Å². The summed E-state index contributed by atoms with van der Waals surface area (Å²) in [6.45, 7) is 1.47. The lowest BCUT2D eigenvalue weighted by molar-refractivity contribution is 0.0951. The highest BCUT2D eigenvalue weighted by Crippen LogP contribution is 2.29. The van der Waals surface area contributed by atoms with E-state index >= 15 is 0 Å². The highest BCUT2D eigenvalue weighted by atomic mass is 16.1. The number of benzene rings is 2. The Kier molecular flexibility index (Phi) is 4.44. The first-order valence-corrected chi connectivity index (χ1v) is 7.74. The molecule has 0 saturated carbocycles. The number of rotatable bonds is 5. The van der Waals surface area contributed by atoms with Crippen LogP contribution in [0.5, 0.6) is 0 Å². The van der Waals surface area contributed by atoms with Crippen molar-refractivity contribution in [3.63, 3.8) is 0 Å². The van der Waals surface area contributed by atoms with E-state index in [9.17, 15) is 4.79 Å². The van der Waals surface area contributed by atoms with Gasteiger partial charge in [-0.15, -0.1) is 0 Å². The lowest BCUT2D eigenvalue weighted by Crippen LogP contribution is -2.31. The first kappa shape index (κ1) is 15.3. The number of nitrogens with zero attached hydrogens (tertiary/aromatic N) is 1. The van der Waals surface area contributed by atoms with E-state index < -0.39 is 0 Å². The maximum atomic E-state index is 12.3. The van der Waals surface area contributed by atoms with E-state index in [1.165, 1.54) is 0 Å². The lowest BCUT2D eigenvalue weighted by Gasteiger charge is -2.10. The molecule has 0 bridgehead atoms. The second kappa shape index (κ2) is 6.67. The first-order valence-electron chi connectivity index (χ1n) is 7.74. The van der Waals surface area contributed by atoms with E-state index in [2.05, 4.69) is 22.4 Å². The molecular formula is C19H21N3O. The number of aromatic nitrogens is 1. The predicted octanol–water partition coefficient (Wildman–Crippen LogP) is 3.13. The third-order valence-electron chi connectivity index (χ3n) is 3.87. The molecule has 0 spiro atoms. The van der Waals surface area contributed by atoms with Gasteiger partial charge in [-0.3, -0.25) is 4.79 Å². The summed E-state index contributed by atoms with van der Waals surface area (Å²) in [5.74, 6) is -0.0334. The zero-order valence-electron chi connectivity index (χ0n) is 13.5. The van der Waals surface area contributed by atoms with Gasteiger partial charge in [-0.2, -0.15) is 0 Å². The molecule has 4 nitrogen and oxygen atoms in total. The Morgan fingerprint density at radius 3 is 2.65 bits per heavy atom. The molecule has 2 N–H and O–H groups in total. The van der Waals surface area contributed by atoms with Gasteiger partial charge in [-0.05, 0) is 37.9 Å². The van der Waals surface area contributed by atoms with E-state index in [1.54, 1.807) is 0 Å². The fraction of sp³-hybridized carbons (Fsp3) is 0.211. The summed E-state index contributed by atoms with van der Waals surface area (Å²) in [5.41, 5.74) is 3.98. The number of nitrogens with one attached hydrogen (secondary N) is 2. The number of amides is 1. The molecule has 0 aliphatic carbocycles. The van der Waals surface area contributed by atoms with Crippen molar-refractivity contribution >= 4 is 16.8 Å². The summed E-state index contributed by atoms with van der Waals surface area (Å²) in [5, 5.41) is 4.02. The minimum absolute atomic E-state index is 0.0334. The molecule has 0 radical (unpaired) electrons. The Balaban J connectivity index is 1.88. The van der Waals surface area contributed by atoms with Gasteiger partial charge in [0.15, 0.2) is 0 Å². The molecule has 0 unspecified atom stereocenters. The average Bonchev–Trinajstić information content (AvgIpc) is 2.98. The molecule has 0 aliphatic rings. The smallest absolute Gasteiger partial charge is 0.251 e. The van der Waals surface area contributed by atoms with Crippen molar-refractivity contribution < 1.29 is 4.79 Å². The monoisotopic (exact) mass is 307 g/mol. The van der Waals surface area contributed by atoms with Crippen molar-refractivity contribution in [2.45, 2.75) is 0 Å². The molecule has 4 heteroatoms. The fourth-order valence-corrected chi connectivity index (χ4v) is 2.61. The van der Waals surface area contributed by atoms with Crippen LogP contribution in [-0.2, 0) is 0 Å². The average molecular weight is 307 g/mol. The number of carbonyl (C=O) groups is 1. The van der Waals surface area contributed by atoms with Gasteiger partial charge >= 0.3 is 0 Å². The molecule has 23 heavy (non-hydrogen) atoms. The number of H-pyrrole nitrogens is 1. The minimum Gasteiger partial charge on any atom is -0.361 e. The van der Waals surface area contributed by atoms with Crippen LogP contribution in [0.1, 0.15) is 10.4 Å². The van der Waals surface area contributed by atoms with Gasteiger partial charge in [-0.1, -0.05) is 30.3 Å². The number of likely N-dealkylation sites (N-methyl/N-ethyl adjacent to an activating group) is 1. The number of fused-ring (bicyclic) bond motifs is 1. The van der Waals surface area contributed by atoms with E-state index in [4.69, 9.17) is 0 Å². The second-order valence-electron chi connectivity index (χ2n) is 5.89. The van der Waals surface area contributed by atoms with Crippen LogP contribution in [0.4, 0.5) is 0 Å². The maximum absolute atomic E-state index is 12.3. The number of hydrogen-bond donors (Lipinski definition) is 2. The van der Waals surface area contributed by atoms with Gasteiger partial charge in [0.05, 0.1) is 0 Å². The first-order chi connectivity index (χ1) is 11.1. The predicted molar refractivity (Wildman–Crippen MR) is 94.6 cm³/mol. The molecule has 1 heterocycles. The fourth-order valence-electron chi connectivity index (χ4n) is 2.61. The highest BCUT2D eigenvalue weighted by molar-refractivity contribution is 6.02. The highest BCUT2D eigenvalue weighted by Gasteiger charge is 2.10. The standard InChI is InChI=1S/C19H21N3O/c1-22(2)11-10-20-19(23)15-8-9-18-16(12-15)17(13-21-18)14-6-4-3-5-7-14/h3-9,12-13,21H,10-11H2,1-2H3,(H,20,23). The van der Waals surface area contributed by atoms with Crippen molar-refractivity contribution in [1.29, 1.82) is 0 Å². The van der Waals surface area contributed by atoms with Crippen LogP contribution in [0, 0.1) is 0 Å². The molecule has 0 atom stereocenters. The molecule has 118 valence electrons. The van der Waals surface area contributed by atoms with Crippen LogP contribution in [0.2, 0.25) is 0 Å². The Morgan fingerprint density at radius 2 is 1.91 bits per heavy atom. The van der Waals surface area contributed by atoms with Crippen LogP contribution in [0.3, 0.4) is 0 Å². The Hall–Kier alpha value is -2.59. The summed E-state index contributed by atoms with van der Waals surface area (Å²) in [7, 11) is 3.98. The molecule has 3 rings (SSSR count). The second-order valence-corrected chi connectivity index (χ2v) is 5.89. The van der Waals surface area contributed by atoms with Gasteiger partial charge in [0.2, 0.25) is 0 Å². The molecule has 0 aliphatic heterocycles. The molecule has 0 saturated heterocycles. The van der Waals surface area contributed by atoms with Gasteiger partial charge in [0, 0.05) is 41.3 Å². The van der Waals surface area contributed by atoms with E-state index in [-0.39, 0.29) is 5.91 Å². The number of aromatic amines is 1. The lowest BCUT2D eigenvalue weighted by atomic mass is 10.0. The zero-order chi connectivity index (χ0) is 16.2. The van der Waals surface area contributed by atoms with E-state index in [0.717, 1.165) is 28.6 Å². The van der Waals surface area contributed by atoms with Crippen LogP contribution >= 0.6 is 0 Å². The normalized spacial score (nSPS) is 11.1. The maximum Gasteiger partial charge on any atom is 0.251 e. The van der Waals surface area contributed by atoms with Crippen molar-refractivity contribution in [2.24, 2.45) is 0 Å². The van der Waals surface area contributed by atoms with Crippen molar-refractivity contribution in [2.75, 3.05) is 27.2 Å². The van der Waals surface area contributed by atoms with Crippen LogP contribution in [0.25, 0.3) is 22.0 Å². The van der Waals surface area contributed by atoms with Gasteiger partial charge in [0.25, 0.3) is 5.91 Å². The van der Waals surface area contributed by atoms with E-state index in [0.29, 0.717) is 12.1 Å². The van der Waals surface area contributed by atoms with Crippen LogP contribution in [-0.4, -0.2) is 43.0 Å². The van der Waals surface area contributed by atoms with Gasteiger partial charge < -0.3 is 15.2 Å².